The van der Waals surface area contributed by atoms with Gasteiger partial charge in [0.1, 0.15) is 11.5 Å². The van der Waals surface area contributed by atoms with E-state index in [0.29, 0.717) is 6.42 Å². The molecule has 1 aromatic heterocycles. The van der Waals surface area contributed by atoms with Crippen molar-refractivity contribution >= 4 is 30.1 Å². The second kappa shape index (κ2) is 8.45. The Labute approximate surface area is 118 Å². The van der Waals surface area contributed by atoms with Crippen LogP contribution >= 0.6 is 24.2 Å². The molecule has 0 saturated heterocycles. The molecule has 0 bridgehead atoms. The normalized spacial score (nSPS) is 13.6. The van der Waals surface area contributed by atoms with Crippen molar-refractivity contribution in [2.45, 2.75) is 32.4 Å². The predicted octanol–water partition coefficient (Wildman–Crippen LogP) is 2.27. The van der Waals surface area contributed by atoms with Crippen molar-refractivity contribution in [2.75, 3.05) is 12.0 Å². The Kier molecular flexibility index (Phi) is 8.15. The van der Waals surface area contributed by atoms with Crippen molar-refractivity contribution in [3.8, 4) is 0 Å². The fourth-order valence-electron chi connectivity index (χ4n) is 1.45. The van der Waals surface area contributed by atoms with E-state index < -0.39 is 6.04 Å². The van der Waals surface area contributed by atoms with Crippen molar-refractivity contribution in [2.24, 2.45) is 5.73 Å². The molecule has 1 unspecified atom stereocenters. The van der Waals surface area contributed by atoms with Gasteiger partial charge in [-0.2, -0.15) is 11.8 Å². The van der Waals surface area contributed by atoms with Gasteiger partial charge in [0.15, 0.2) is 0 Å². The van der Waals surface area contributed by atoms with E-state index in [2.05, 4.69) is 5.32 Å². The molecule has 1 amide bonds. The monoisotopic (exact) mass is 292 g/mol. The Hall–Kier alpha value is -0.650. The second-order valence-corrected chi connectivity index (χ2v) is 5.05. The van der Waals surface area contributed by atoms with Crippen LogP contribution in [0.5, 0.6) is 0 Å². The molecular weight excluding hydrogens is 272 g/mol. The van der Waals surface area contributed by atoms with Crippen LogP contribution in [0.2, 0.25) is 0 Å². The summed E-state index contributed by atoms with van der Waals surface area (Å²) in [5.74, 6) is 2.37. The fourth-order valence-corrected chi connectivity index (χ4v) is 1.94. The number of rotatable bonds is 6. The highest BCUT2D eigenvalue weighted by Gasteiger charge is 2.17. The third-order valence-electron chi connectivity index (χ3n) is 2.52. The first-order valence-electron chi connectivity index (χ1n) is 5.65. The molecule has 0 aromatic carbocycles. The summed E-state index contributed by atoms with van der Waals surface area (Å²) in [4.78, 5) is 11.8. The van der Waals surface area contributed by atoms with E-state index in [-0.39, 0.29) is 24.4 Å². The summed E-state index contributed by atoms with van der Waals surface area (Å²) in [7, 11) is 0. The summed E-state index contributed by atoms with van der Waals surface area (Å²) in [6.07, 6.45) is 2.69. The maximum absolute atomic E-state index is 11.8. The molecule has 4 nitrogen and oxygen atoms in total. The van der Waals surface area contributed by atoms with Gasteiger partial charge in [-0.25, -0.2) is 0 Å². The van der Waals surface area contributed by atoms with E-state index in [1.807, 2.05) is 32.2 Å². The first-order valence-corrected chi connectivity index (χ1v) is 7.05. The van der Waals surface area contributed by atoms with E-state index in [9.17, 15) is 4.79 Å². The van der Waals surface area contributed by atoms with Gasteiger partial charge in [-0.1, -0.05) is 0 Å². The molecule has 0 spiro atoms. The van der Waals surface area contributed by atoms with Crippen LogP contribution in [0.3, 0.4) is 0 Å². The first kappa shape index (κ1) is 17.4. The number of hydrogen-bond donors (Lipinski definition) is 2. The molecule has 0 aliphatic rings. The summed E-state index contributed by atoms with van der Waals surface area (Å²) in [5, 5.41) is 2.85. The number of carbonyl (C=O) groups is 1. The third kappa shape index (κ3) is 5.33. The second-order valence-electron chi connectivity index (χ2n) is 4.07. The number of amides is 1. The van der Waals surface area contributed by atoms with E-state index in [0.717, 1.165) is 17.3 Å². The van der Waals surface area contributed by atoms with Crippen LogP contribution in [-0.4, -0.2) is 24.0 Å². The zero-order chi connectivity index (χ0) is 12.8. The van der Waals surface area contributed by atoms with Crippen LogP contribution in [0.4, 0.5) is 0 Å². The Morgan fingerprint density at radius 3 is 2.72 bits per heavy atom. The number of furan rings is 1. The highest BCUT2D eigenvalue weighted by molar-refractivity contribution is 7.98. The summed E-state index contributed by atoms with van der Waals surface area (Å²) in [6, 6.07) is 3.16. The molecule has 1 aromatic rings. The van der Waals surface area contributed by atoms with E-state index in [1.54, 1.807) is 11.8 Å². The average Bonchev–Trinajstić information content (AvgIpc) is 2.72. The maximum Gasteiger partial charge on any atom is 0.237 e. The van der Waals surface area contributed by atoms with Crippen molar-refractivity contribution in [3.63, 3.8) is 0 Å². The van der Waals surface area contributed by atoms with Gasteiger partial charge >= 0.3 is 0 Å². The molecule has 1 heterocycles. The molecule has 0 radical (unpaired) electrons. The van der Waals surface area contributed by atoms with Crippen LogP contribution in [0.1, 0.15) is 30.9 Å². The highest BCUT2D eigenvalue weighted by atomic mass is 35.5. The summed E-state index contributed by atoms with van der Waals surface area (Å²) < 4.78 is 5.45. The largest absolute Gasteiger partial charge is 0.464 e. The molecular formula is C12H21ClN2O2S. The number of hydrogen-bond acceptors (Lipinski definition) is 4. The SMILES string of the molecule is CSCC[C@H](N)C(=O)NC(C)c1ccc(C)o1.Cl. The smallest absolute Gasteiger partial charge is 0.237 e. The summed E-state index contributed by atoms with van der Waals surface area (Å²) in [6.45, 7) is 3.76. The van der Waals surface area contributed by atoms with E-state index in [1.165, 1.54) is 0 Å². The number of nitrogens with two attached hydrogens (primary N) is 1. The van der Waals surface area contributed by atoms with Crippen molar-refractivity contribution in [1.82, 2.24) is 5.32 Å². The van der Waals surface area contributed by atoms with Gasteiger partial charge in [0.25, 0.3) is 0 Å². The lowest BCUT2D eigenvalue weighted by molar-refractivity contribution is -0.123. The lowest BCUT2D eigenvalue weighted by Crippen LogP contribution is -2.41. The van der Waals surface area contributed by atoms with Crippen LogP contribution in [0.15, 0.2) is 16.5 Å². The molecule has 3 N–H and O–H groups in total. The Morgan fingerprint density at radius 2 is 2.22 bits per heavy atom. The highest BCUT2D eigenvalue weighted by Crippen LogP contribution is 2.15. The number of thioether (sulfide) groups is 1. The lowest BCUT2D eigenvalue weighted by Gasteiger charge is -2.15. The topological polar surface area (TPSA) is 68.3 Å². The number of carbonyl (C=O) groups excluding carboxylic acids is 1. The molecule has 0 aliphatic carbocycles. The number of nitrogens with one attached hydrogen (secondary N) is 1. The van der Waals surface area contributed by atoms with Gasteiger partial charge in [-0.3, -0.25) is 4.79 Å². The van der Waals surface area contributed by atoms with Crippen LogP contribution in [0.25, 0.3) is 0 Å². The van der Waals surface area contributed by atoms with Gasteiger partial charge in [-0.05, 0) is 44.4 Å². The summed E-state index contributed by atoms with van der Waals surface area (Å²) in [5.41, 5.74) is 5.78. The van der Waals surface area contributed by atoms with Crippen LogP contribution in [-0.2, 0) is 4.79 Å². The minimum Gasteiger partial charge on any atom is -0.464 e. The zero-order valence-electron chi connectivity index (χ0n) is 10.9. The Bertz CT molecular complexity index is 371. The Balaban J connectivity index is 0.00000289. The fraction of sp³-hybridized carbons (Fsp3) is 0.583. The molecule has 104 valence electrons. The quantitative estimate of drug-likeness (QED) is 0.844. The molecule has 18 heavy (non-hydrogen) atoms. The van der Waals surface area contributed by atoms with Crippen molar-refractivity contribution < 1.29 is 9.21 Å². The molecule has 2 atom stereocenters. The standard InChI is InChI=1S/C12H20N2O2S.ClH/c1-8-4-5-11(16-8)9(2)14-12(15)10(13)6-7-17-3;/h4-5,9-10H,6-7,13H2,1-3H3,(H,14,15);1H/t9?,10-;/m0./s1. The minimum absolute atomic E-state index is 0. The molecule has 0 fully saturated rings. The van der Waals surface area contributed by atoms with E-state index in [4.69, 9.17) is 10.2 Å². The number of halogens is 1. The van der Waals surface area contributed by atoms with Gasteiger partial charge in [0.2, 0.25) is 5.91 Å². The zero-order valence-corrected chi connectivity index (χ0v) is 12.6. The van der Waals surface area contributed by atoms with Gasteiger partial charge in [-0.15, -0.1) is 12.4 Å². The molecule has 6 heteroatoms. The van der Waals surface area contributed by atoms with Gasteiger partial charge in [0.05, 0.1) is 12.1 Å². The van der Waals surface area contributed by atoms with Gasteiger partial charge in [0, 0.05) is 0 Å². The Morgan fingerprint density at radius 1 is 1.56 bits per heavy atom. The van der Waals surface area contributed by atoms with E-state index >= 15 is 0 Å². The average molecular weight is 293 g/mol. The number of aryl methyl sites for hydroxylation is 1. The van der Waals surface area contributed by atoms with Crippen molar-refractivity contribution in [1.29, 1.82) is 0 Å². The third-order valence-corrected chi connectivity index (χ3v) is 3.16. The predicted molar refractivity (Wildman–Crippen MR) is 78.2 cm³/mol. The molecule has 0 saturated carbocycles. The van der Waals surface area contributed by atoms with Crippen LogP contribution < -0.4 is 11.1 Å². The summed E-state index contributed by atoms with van der Waals surface area (Å²) >= 11 is 1.69. The lowest BCUT2D eigenvalue weighted by atomic mass is 10.2. The maximum atomic E-state index is 11.8. The first-order chi connectivity index (χ1) is 8.04. The van der Waals surface area contributed by atoms with Crippen molar-refractivity contribution in [3.05, 3.63) is 23.7 Å². The van der Waals surface area contributed by atoms with Crippen LogP contribution in [0, 0.1) is 6.92 Å². The molecule has 1 rings (SSSR count). The minimum atomic E-state index is -0.444. The van der Waals surface area contributed by atoms with Gasteiger partial charge < -0.3 is 15.5 Å². The molecule has 0 aliphatic heterocycles.